The fraction of sp³-hybridized carbons (Fsp3) is 0.381. The van der Waals surface area contributed by atoms with Crippen LogP contribution in [0.15, 0.2) is 42.5 Å². The number of rotatable bonds is 4. The minimum Gasteiger partial charge on any atom is -0.487 e. The highest BCUT2D eigenvalue weighted by Crippen LogP contribution is 2.37. The number of carbonyl (C=O) groups is 1. The van der Waals surface area contributed by atoms with Gasteiger partial charge in [0.1, 0.15) is 11.4 Å². The number of ether oxygens (including phenoxy) is 1. The van der Waals surface area contributed by atoms with Crippen molar-refractivity contribution in [2.75, 3.05) is 13.1 Å². The van der Waals surface area contributed by atoms with Gasteiger partial charge in [0.2, 0.25) is 5.91 Å². The molecule has 1 N–H and O–H groups in total. The zero-order chi connectivity index (χ0) is 18.3. The van der Waals surface area contributed by atoms with Gasteiger partial charge in [0.15, 0.2) is 0 Å². The van der Waals surface area contributed by atoms with Gasteiger partial charge in [0.05, 0.1) is 12.5 Å². The molecule has 26 heavy (non-hydrogen) atoms. The summed E-state index contributed by atoms with van der Waals surface area (Å²) >= 11 is 5.96. The molecule has 0 spiro atoms. The number of benzene rings is 2. The molecular weight excluding hydrogens is 350 g/mol. The van der Waals surface area contributed by atoms with E-state index in [1.54, 1.807) is 4.90 Å². The van der Waals surface area contributed by atoms with E-state index in [1.807, 2.05) is 36.4 Å². The summed E-state index contributed by atoms with van der Waals surface area (Å²) in [6, 6.07) is 13.9. The van der Waals surface area contributed by atoms with Crippen molar-refractivity contribution >= 4 is 17.5 Å². The summed E-state index contributed by atoms with van der Waals surface area (Å²) in [7, 11) is 0. The standard InChI is InChI=1S/C21H22ClNO3/c1-21(10-14-2-5-17(22)6-3-14)11-16-8-15(4-7-19(16)26-21)9-20(25)23-12-18(24)13-23/h2-8,18,24H,9-13H2,1H3. The topological polar surface area (TPSA) is 49.8 Å². The average Bonchev–Trinajstić information content (AvgIpc) is 2.89. The van der Waals surface area contributed by atoms with E-state index in [0.29, 0.717) is 19.5 Å². The van der Waals surface area contributed by atoms with E-state index in [2.05, 4.69) is 13.0 Å². The number of halogens is 1. The van der Waals surface area contributed by atoms with Crippen molar-refractivity contribution in [1.29, 1.82) is 0 Å². The molecule has 1 fully saturated rings. The van der Waals surface area contributed by atoms with Crippen molar-refractivity contribution in [3.63, 3.8) is 0 Å². The van der Waals surface area contributed by atoms with Crippen LogP contribution < -0.4 is 4.74 Å². The van der Waals surface area contributed by atoms with Gasteiger partial charge in [-0.3, -0.25) is 4.79 Å². The molecule has 1 atom stereocenters. The van der Waals surface area contributed by atoms with Gasteiger partial charge in [-0.05, 0) is 41.8 Å². The third-order valence-electron chi connectivity index (χ3n) is 5.11. The zero-order valence-electron chi connectivity index (χ0n) is 14.7. The Balaban J connectivity index is 1.43. The Morgan fingerprint density at radius 2 is 1.92 bits per heavy atom. The van der Waals surface area contributed by atoms with Gasteiger partial charge in [-0.1, -0.05) is 35.9 Å². The second-order valence-electron chi connectivity index (χ2n) is 7.60. The number of amides is 1. The minimum absolute atomic E-state index is 0.0677. The summed E-state index contributed by atoms with van der Waals surface area (Å²) in [5.41, 5.74) is 3.04. The number of hydrogen-bond acceptors (Lipinski definition) is 3. The Bertz CT molecular complexity index is 830. The lowest BCUT2D eigenvalue weighted by Crippen LogP contribution is -2.53. The van der Waals surface area contributed by atoms with Crippen LogP contribution in [0, 0.1) is 0 Å². The first kappa shape index (κ1) is 17.4. The summed E-state index contributed by atoms with van der Waals surface area (Å²) in [6.07, 6.45) is 1.63. The lowest BCUT2D eigenvalue weighted by atomic mass is 9.91. The molecule has 2 aliphatic heterocycles. The molecule has 0 aliphatic carbocycles. The van der Waals surface area contributed by atoms with E-state index in [9.17, 15) is 9.90 Å². The molecule has 2 aliphatic rings. The van der Waals surface area contributed by atoms with E-state index < -0.39 is 0 Å². The highest BCUT2D eigenvalue weighted by Gasteiger charge is 2.35. The van der Waals surface area contributed by atoms with Crippen LogP contribution in [0.25, 0.3) is 0 Å². The molecule has 1 unspecified atom stereocenters. The summed E-state index contributed by atoms with van der Waals surface area (Å²) in [5, 5.41) is 10.1. The van der Waals surface area contributed by atoms with Gasteiger partial charge in [0, 0.05) is 31.0 Å². The van der Waals surface area contributed by atoms with Crippen LogP contribution >= 0.6 is 11.6 Å². The second-order valence-corrected chi connectivity index (χ2v) is 8.04. The van der Waals surface area contributed by atoms with Crippen molar-refractivity contribution in [2.45, 2.75) is 37.9 Å². The number of aliphatic hydroxyl groups is 1. The van der Waals surface area contributed by atoms with E-state index in [0.717, 1.165) is 34.7 Å². The van der Waals surface area contributed by atoms with Crippen LogP contribution in [0.1, 0.15) is 23.6 Å². The Morgan fingerprint density at radius 1 is 1.23 bits per heavy atom. The Hall–Kier alpha value is -2.04. The van der Waals surface area contributed by atoms with Crippen LogP contribution in [0.4, 0.5) is 0 Å². The Morgan fingerprint density at radius 3 is 2.62 bits per heavy atom. The maximum atomic E-state index is 12.2. The maximum Gasteiger partial charge on any atom is 0.227 e. The van der Waals surface area contributed by atoms with Gasteiger partial charge in [-0.2, -0.15) is 0 Å². The van der Waals surface area contributed by atoms with Crippen LogP contribution in [0.5, 0.6) is 5.75 Å². The van der Waals surface area contributed by atoms with Gasteiger partial charge in [-0.15, -0.1) is 0 Å². The number of fused-ring (bicyclic) bond motifs is 1. The molecule has 2 aromatic rings. The molecule has 2 heterocycles. The SMILES string of the molecule is CC1(Cc2ccc(Cl)cc2)Cc2cc(CC(=O)N3CC(O)C3)ccc2O1. The van der Waals surface area contributed by atoms with Gasteiger partial charge < -0.3 is 14.7 Å². The van der Waals surface area contributed by atoms with Crippen molar-refractivity contribution in [2.24, 2.45) is 0 Å². The van der Waals surface area contributed by atoms with E-state index in [4.69, 9.17) is 16.3 Å². The van der Waals surface area contributed by atoms with Gasteiger partial charge >= 0.3 is 0 Å². The summed E-state index contributed by atoms with van der Waals surface area (Å²) in [5.74, 6) is 0.968. The number of carbonyl (C=O) groups excluding carboxylic acids is 1. The molecular formula is C21H22ClNO3. The Labute approximate surface area is 158 Å². The smallest absolute Gasteiger partial charge is 0.227 e. The number of nitrogens with zero attached hydrogens (tertiary/aromatic N) is 1. The molecule has 0 saturated carbocycles. The lowest BCUT2D eigenvalue weighted by Gasteiger charge is -2.35. The monoisotopic (exact) mass is 371 g/mol. The molecule has 4 nitrogen and oxygen atoms in total. The number of β-amino-alcohol motifs (C(OH)–C–C–N with tert-alkyl or cyclic N) is 1. The highest BCUT2D eigenvalue weighted by atomic mass is 35.5. The predicted molar refractivity (Wildman–Crippen MR) is 101 cm³/mol. The first-order valence-corrected chi connectivity index (χ1v) is 9.29. The maximum absolute atomic E-state index is 12.2. The second kappa shape index (κ2) is 6.60. The fourth-order valence-corrected chi connectivity index (χ4v) is 3.89. The zero-order valence-corrected chi connectivity index (χ0v) is 15.5. The highest BCUT2D eigenvalue weighted by molar-refractivity contribution is 6.30. The molecule has 0 radical (unpaired) electrons. The number of aliphatic hydroxyl groups excluding tert-OH is 1. The van der Waals surface area contributed by atoms with Crippen molar-refractivity contribution < 1.29 is 14.6 Å². The van der Waals surface area contributed by atoms with Crippen LogP contribution in [0.2, 0.25) is 5.02 Å². The summed E-state index contributed by atoms with van der Waals surface area (Å²) in [6.45, 7) is 3.02. The molecule has 0 aromatic heterocycles. The first-order chi connectivity index (χ1) is 12.4. The van der Waals surface area contributed by atoms with E-state index >= 15 is 0 Å². The molecule has 0 bridgehead atoms. The third kappa shape index (κ3) is 3.57. The Kier molecular flexibility index (Phi) is 4.41. The summed E-state index contributed by atoms with van der Waals surface area (Å²) in [4.78, 5) is 13.9. The minimum atomic E-state index is -0.360. The van der Waals surface area contributed by atoms with Crippen LogP contribution in [-0.4, -0.2) is 40.7 Å². The van der Waals surface area contributed by atoms with E-state index in [-0.39, 0.29) is 17.6 Å². The van der Waals surface area contributed by atoms with Gasteiger partial charge in [0.25, 0.3) is 0 Å². The van der Waals surface area contributed by atoms with Gasteiger partial charge in [-0.25, -0.2) is 0 Å². The molecule has 1 amide bonds. The van der Waals surface area contributed by atoms with Crippen LogP contribution in [-0.2, 0) is 24.1 Å². The van der Waals surface area contributed by atoms with Crippen LogP contribution in [0.3, 0.4) is 0 Å². The first-order valence-electron chi connectivity index (χ1n) is 8.91. The molecule has 5 heteroatoms. The normalized spacial score (nSPS) is 21.9. The number of hydrogen-bond donors (Lipinski definition) is 1. The lowest BCUT2D eigenvalue weighted by molar-refractivity contribution is -0.140. The molecule has 2 aromatic carbocycles. The fourth-order valence-electron chi connectivity index (χ4n) is 3.76. The summed E-state index contributed by atoms with van der Waals surface area (Å²) < 4.78 is 6.22. The third-order valence-corrected chi connectivity index (χ3v) is 5.36. The predicted octanol–water partition coefficient (Wildman–Crippen LogP) is 3.02. The molecule has 4 rings (SSSR count). The average molecular weight is 372 g/mol. The quantitative estimate of drug-likeness (QED) is 0.898. The molecule has 1 saturated heterocycles. The van der Waals surface area contributed by atoms with Crippen molar-refractivity contribution in [3.05, 3.63) is 64.2 Å². The molecule has 136 valence electrons. The number of likely N-dealkylation sites (tertiary alicyclic amines) is 1. The van der Waals surface area contributed by atoms with E-state index in [1.165, 1.54) is 5.56 Å². The van der Waals surface area contributed by atoms with Crippen molar-refractivity contribution in [1.82, 2.24) is 4.90 Å². The van der Waals surface area contributed by atoms with Crippen molar-refractivity contribution in [3.8, 4) is 5.75 Å². The largest absolute Gasteiger partial charge is 0.487 e.